The smallest absolute Gasteiger partial charge is 0.328 e. The van der Waals surface area contributed by atoms with E-state index in [0.717, 1.165) is 29.8 Å². The van der Waals surface area contributed by atoms with Crippen molar-refractivity contribution in [2.75, 3.05) is 6.54 Å². The van der Waals surface area contributed by atoms with Crippen molar-refractivity contribution in [2.45, 2.75) is 62.9 Å². The molecule has 1 saturated heterocycles. The second kappa shape index (κ2) is 12.3. The number of carbonyl (C=O) groups is 5. The fourth-order valence-corrected chi connectivity index (χ4v) is 4.21. The highest BCUT2D eigenvalue weighted by Gasteiger charge is 2.34. The van der Waals surface area contributed by atoms with Crippen LogP contribution in [0.3, 0.4) is 0 Å². The summed E-state index contributed by atoms with van der Waals surface area (Å²) in [6, 6.07) is 2.34. The van der Waals surface area contributed by atoms with Crippen molar-refractivity contribution in [3.8, 4) is 0 Å². The number of aliphatic hydroxyl groups excluding tert-OH is 1. The number of benzene rings is 1. The van der Waals surface area contributed by atoms with Gasteiger partial charge in [-0.15, -0.1) is 0 Å². The largest absolute Gasteiger partial charge is 0.481 e. The zero-order chi connectivity index (χ0) is 27.1. The topological polar surface area (TPSA) is 210 Å². The van der Waals surface area contributed by atoms with Crippen LogP contribution in [0.15, 0.2) is 30.5 Å². The molecule has 37 heavy (non-hydrogen) atoms. The third-order valence-electron chi connectivity index (χ3n) is 6.17. The first kappa shape index (κ1) is 27.6. The van der Waals surface area contributed by atoms with Crippen molar-refractivity contribution < 1.29 is 39.3 Å². The second-order valence-corrected chi connectivity index (χ2v) is 9.00. The highest BCUT2D eigenvalue weighted by Crippen LogP contribution is 2.19. The number of carboxylic acids is 2. The van der Waals surface area contributed by atoms with Crippen LogP contribution >= 0.6 is 0 Å². The first-order valence-electron chi connectivity index (χ1n) is 11.9. The van der Waals surface area contributed by atoms with Crippen molar-refractivity contribution >= 4 is 40.6 Å². The van der Waals surface area contributed by atoms with Crippen molar-refractivity contribution in [1.29, 1.82) is 0 Å². The van der Waals surface area contributed by atoms with Gasteiger partial charge in [0.2, 0.25) is 17.7 Å². The minimum atomic E-state index is -1.71. The van der Waals surface area contributed by atoms with Gasteiger partial charge in [-0.2, -0.15) is 0 Å². The lowest BCUT2D eigenvalue weighted by Gasteiger charge is -2.25. The molecule has 1 aliphatic rings. The van der Waals surface area contributed by atoms with E-state index in [-0.39, 0.29) is 6.42 Å². The number of nitrogens with one attached hydrogen (secondary N) is 5. The Morgan fingerprint density at radius 1 is 1.03 bits per heavy atom. The van der Waals surface area contributed by atoms with Crippen molar-refractivity contribution in [3.63, 3.8) is 0 Å². The first-order valence-corrected chi connectivity index (χ1v) is 11.9. The van der Waals surface area contributed by atoms with Crippen molar-refractivity contribution in [1.82, 2.24) is 26.3 Å². The van der Waals surface area contributed by atoms with Gasteiger partial charge < -0.3 is 41.6 Å². The van der Waals surface area contributed by atoms with Gasteiger partial charge in [0, 0.05) is 23.5 Å². The Morgan fingerprint density at radius 2 is 1.73 bits per heavy atom. The Hall–Kier alpha value is -3.97. The molecule has 0 saturated carbocycles. The molecule has 2 heterocycles. The van der Waals surface area contributed by atoms with Crippen molar-refractivity contribution in [3.05, 3.63) is 36.0 Å². The number of amides is 3. The summed E-state index contributed by atoms with van der Waals surface area (Å²) in [6.45, 7) is 1.81. The molecule has 0 aliphatic carbocycles. The maximum atomic E-state index is 13.3. The Labute approximate surface area is 212 Å². The third kappa shape index (κ3) is 7.27. The summed E-state index contributed by atoms with van der Waals surface area (Å²) in [5.74, 6) is -5.27. The molecule has 1 aromatic carbocycles. The van der Waals surface area contributed by atoms with Gasteiger partial charge in [-0.25, -0.2) is 4.79 Å². The molecule has 2 aromatic rings. The van der Waals surface area contributed by atoms with Crippen molar-refractivity contribution in [2.24, 2.45) is 0 Å². The minimum Gasteiger partial charge on any atom is -0.481 e. The van der Waals surface area contributed by atoms with Crippen LogP contribution in [0.5, 0.6) is 0 Å². The number of hydrogen-bond donors (Lipinski definition) is 8. The maximum absolute atomic E-state index is 13.3. The van der Waals surface area contributed by atoms with E-state index in [2.05, 4.69) is 26.3 Å². The lowest BCUT2D eigenvalue weighted by atomic mass is 10.0. The van der Waals surface area contributed by atoms with Crippen LogP contribution in [0.2, 0.25) is 0 Å². The number of para-hydroxylation sites is 1. The van der Waals surface area contributed by atoms with Crippen LogP contribution in [0.1, 0.15) is 31.7 Å². The summed E-state index contributed by atoms with van der Waals surface area (Å²) in [4.78, 5) is 64.7. The summed E-state index contributed by atoms with van der Waals surface area (Å²) >= 11 is 0. The molecule has 0 bridgehead atoms. The van der Waals surface area contributed by atoms with Gasteiger partial charge in [0.05, 0.1) is 18.6 Å². The Morgan fingerprint density at radius 3 is 2.35 bits per heavy atom. The molecule has 1 fully saturated rings. The van der Waals surface area contributed by atoms with E-state index in [1.165, 1.54) is 0 Å². The van der Waals surface area contributed by atoms with E-state index < -0.39 is 66.4 Å². The molecular formula is C24H31N5O8. The molecule has 1 aliphatic heterocycles. The van der Waals surface area contributed by atoms with E-state index in [4.69, 9.17) is 0 Å². The van der Waals surface area contributed by atoms with Crippen LogP contribution in [0.4, 0.5) is 0 Å². The molecule has 200 valence electrons. The highest BCUT2D eigenvalue weighted by atomic mass is 16.4. The normalized spacial score (nSPS) is 18.4. The monoisotopic (exact) mass is 517 g/mol. The van der Waals surface area contributed by atoms with Crippen LogP contribution in [0, 0.1) is 0 Å². The van der Waals surface area contributed by atoms with Gasteiger partial charge in [0.25, 0.3) is 0 Å². The van der Waals surface area contributed by atoms with E-state index >= 15 is 0 Å². The van der Waals surface area contributed by atoms with E-state index in [0.29, 0.717) is 13.0 Å². The summed E-state index contributed by atoms with van der Waals surface area (Å²) in [7, 11) is 0. The zero-order valence-corrected chi connectivity index (χ0v) is 20.2. The molecule has 5 unspecified atom stereocenters. The summed E-state index contributed by atoms with van der Waals surface area (Å²) < 4.78 is 0. The minimum absolute atomic E-state index is 0.0428. The number of fused-ring (bicyclic) bond motifs is 1. The van der Waals surface area contributed by atoms with Crippen LogP contribution in [-0.2, 0) is 30.4 Å². The number of carbonyl (C=O) groups excluding carboxylic acids is 3. The Balaban J connectivity index is 1.82. The van der Waals surface area contributed by atoms with Gasteiger partial charge in [0.15, 0.2) is 6.04 Å². The lowest BCUT2D eigenvalue weighted by molar-refractivity contribution is -0.146. The van der Waals surface area contributed by atoms with Gasteiger partial charge in [0.1, 0.15) is 12.1 Å². The fraction of sp³-hybridized carbons (Fsp3) is 0.458. The average Bonchev–Trinajstić information content (AvgIpc) is 3.51. The number of carboxylic acid groups (broad SMARTS) is 2. The summed E-state index contributed by atoms with van der Waals surface area (Å²) in [5, 5.41) is 39.1. The average molecular weight is 518 g/mol. The summed E-state index contributed by atoms with van der Waals surface area (Å²) in [5.41, 5.74) is 1.54. The quantitative estimate of drug-likeness (QED) is 0.171. The molecule has 0 radical (unpaired) electrons. The molecule has 3 amide bonds. The predicted octanol–water partition coefficient (Wildman–Crippen LogP) is -1.14. The molecule has 1 aromatic heterocycles. The molecule has 8 N–H and O–H groups in total. The molecule has 5 atom stereocenters. The number of H-pyrrole nitrogens is 1. The van der Waals surface area contributed by atoms with Crippen LogP contribution in [0.25, 0.3) is 10.9 Å². The summed E-state index contributed by atoms with van der Waals surface area (Å²) in [6.07, 6.45) is 0.810. The molecule has 13 nitrogen and oxygen atoms in total. The lowest BCUT2D eigenvalue weighted by Crippen LogP contribution is -2.59. The van der Waals surface area contributed by atoms with Gasteiger partial charge in [-0.3, -0.25) is 19.2 Å². The predicted molar refractivity (Wildman–Crippen MR) is 130 cm³/mol. The number of aliphatic carboxylic acids is 2. The van der Waals surface area contributed by atoms with E-state index in [1.807, 2.05) is 24.3 Å². The number of aromatic amines is 1. The van der Waals surface area contributed by atoms with Crippen LogP contribution < -0.4 is 21.3 Å². The molecular weight excluding hydrogens is 486 g/mol. The molecule has 3 rings (SSSR count). The standard InChI is InChI=1S/C24H31N5O8/c1-12(30)20(24(36)37)29-23(35)18(10-19(31)32)28-22(34)17(27-21(33)16-7-4-8-25-16)9-13-11-26-15-6-3-2-5-14(13)15/h2-3,5-6,11-12,16-18,20,25-26,30H,4,7-10H2,1H3,(H,27,33)(H,28,34)(H,29,35)(H,31,32)(H,36,37). The number of rotatable bonds is 12. The third-order valence-corrected chi connectivity index (χ3v) is 6.17. The second-order valence-electron chi connectivity index (χ2n) is 9.00. The number of aromatic nitrogens is 1. The van der Waals surface area contributed by atoms with Gasteiger partial charge >= 0.3 is 11.9 Å². The van der Waals surface area contributed by atoms with Gasteiger partial charge in [-0.05, 0) is 37.9 Å². The Bertz CT molecular complexity index is 1160. The maximum Gasteiger partial charge on any atom is 0.328 e. The SMILES string of the molecule is CC(O)C(NC(=O)C(CC(=O)O)NC(=O)C(Cc1c[nH]c2ccccc12)NC(=O)C1CCCN1)C(=O)O. The van der Waals surface area contributed by atoms with E-state index in [9.17, 15) is 39.3 Å². The first-order chi connectivity index (χ1) is 17.6. The van der Waals surface area contributed by atoms with Gasteiger partial charge in [-0.1, -0.05) is 18.2 Å². The Kier molecular flexibility index (Phi) is 9.20. The highest BCUT2D eigenvalue weighted by molar-refractivity contribution is 5.96. The molecule has 0 spiro atoms. The van der Waals surface area contributed by atoms with Crippen LogP contribution in [-0.4, -0.2) is 86.8 Å². The number of hydrogen-bond acceptors (Lipinski definition) is 7. The van der Waals surface area contributed by atoms with E-state index in [1.54, 1.807) is 6.20 Å². The zero-order valence-electron chi connectivity index (χ0n) is 20.2. The number of aliphatic hydroxyl groups is 1. The fourth-order valence-electron chi connectivity index (χ4n) is 4.21. The molecule has 13 heteroatoms.